The molecule has 0 heterocycles. The van der Waals surface area contributed by atoms with Crippen LogP contribution < -0.4 is 0 Å². The molecule has 0 unspecified atom stereocenters. The Balaban J connectivity index is 3.18. The Hall–Kier alpha value is -1.41. The highest BCUT2D eigenvalue weighted by Crippen LogP contribution is 2.19. The van der Waals surface area contributed by atoms with Crippen LogP contribution in [0.4, 0.5) is 0 Å². The van der Waals surface area contributed by atoms with Gasteiger partial charge < -0.3 is 0 Å². The minimum Gasteiger partial charge on any atom is -0.294 e. The van der Waals surface area contributed by atoms with Crippen LogP contribution >= 0.6 is 11.6 Å². The zero-order valence-corrected chi connectivity index (χ0v) is 10.0. The third kappa shape index (κ3) is 3.04. The number of carbonyl (C=O) groups is 2. The van der Waals surface area contributed by atoms with E-state index in [0.29, 0.717) is 17.0 Å². The number of hydrogen-bond donors (Lipinski definition) is 0. The number of Topliss-reactive ketones (excluding diaryl/α,β-unsaturated/α-hetero) is 2. The fourth-order valence-electron chi connectivity index (χ4n) is 1.32. The lowest BCUT2D eigenvalue weighted by molar-refractivity contribution is -0.120. The largest absolute Gasteiger partial charge is 0.294 e. The monoisotopic (exact) mass is 236 g/mol. The third-order valence-electron chi connectivity index (χ3n) is 2.21. The van der Waals surface area contributed by atoms with Crippen LogP contribution in [0.25, 0.3) is 6.08 Å². The first-order chi connectivity index (χ1) is 7.56. The van der Waals surface area contributed by atoms with E-state index in [2.05, 4.69) is 0 Å². The van der Waals surface area contributed by atoms with Gasteiger partial charge in [-0.25, -0.2) is 0 Å². The Kier molecular flexibility index (Phi) is 4.44. The molecular weight excluding hydrogens is 224 g/mol. The number of halogens is 1. The van der Waals surface area contributed by atoms with E-state index in [4.69, 9.17) is 11.6 Å². The van der Waals surface area contributed by atoms with Crippen LogP contribution in [-0.2, 0) is 9.59 Å². The lowest BCUT2D eigenvalue weighted by Crippen LogP contribution is -2.08. The van der Waals surface area contributed by atoms with Crippen LogP contribution in [0, 0.1) is 0 Å². The number of rotatable bonds is 4. The van der Waals surface area contributed by atoms with Crippen molar-refractivity contribution < 1.29 is 9.59 Å². The molecule has 3 heteroatoms. The fourth-order valence-corrected chi connectivity index (χ4v) is 1.51. The molecule has 0 amide bonds. The molecule has 0 aromatic heterocycles. The van der Waals surface area contributed by atoms with Gasteiger partial charge in [0.25, 0.3) is 0 Å². The lowest BCUT2D eigenvalue weighted by atomic mass is 10.0. The highest BCUT2D eigenvalue weighted by Gasteiger charge is 2.12. The summed E-state index contributed by atoms with van der Waals surface area (Å²) in [6, 6.07) is 7.11. The summed E-state index contributed by atoms with van der Waals surface area (Å²) < 4.78 is 0. The van der Waals surface area contributed by atoms with E-state index >= 15 is 0 Å². The molecule has 0 saturated carbocycles. The summed E-state index contributed by atoms with van der Waals surface area (Å²) in [5, 5.41) is 0.533. The summed E-state index contributed by atoms with van der Waals surface area (Å²) in [4.78, 5) is 22.9. The van der Waals surface area contributed by atoms with E-state index in [0.717, 1.165) is 0 Å². The van der Waals surface area contributed by atoms with Gasteiger partial charge in [0.1, 0.15) is 0 Å². The van der Waals surface area contributed by atoms with Crippen molar-refractivity contribution in [2.75, 3.05) is 0 Å². The van der Waals surface area contributed by atoms with E-state index in [1.165, 1.54) is 6.92 Å². The molecule has 1 aromatic carbocycles. The maximum atomic E-state index is 11.5. The van der Waals surface area contributed by atoms with Gasteiger partial charge in [0, 0.05) is 11.4 Å². The van der Waals surface area contributed by atoms with Gasteiger partial charge in [0.15, 0.2) is 11.6 Å². The van der Waals surface area contributed by atoms with Crippen molar-refractivity contribution in [1.82, 2.24) is 0 Å². The third-order valence-corrected chi connectivity index (χ3v) is 2.55. The minimum absolute atomic E-state index is 0.160. The molecule has 0 bridgehead atoms. The van der Waals surface area contributed by atoms with Gasteiger partial charge in [-0.3, -0.25) is 9.59 Å². The van der Waals surface area contributed by atoms with Crippen LogP contribution in [0.5, 0.6) is 0 Å². The Morgan fingerprint density at radius 3 is 2.44 bits per heavy atom. The molecule has 0 fully saturated rings. The zero-order chi connectivity index (χ0) is 12.1. The standard InChI is InChI=1S/C13H13ClO2/c1-3-13(16)11(9(2)15)8-10-6-4-5-7-12(10)14/h4-8H,3H2,1-2H3. The zero-order valence-electron chi connectivity index (χ0n) is 9.29. The SMILES string of the molecule is CCC(=O)C(=Cc1ccccc1Cl)C(C)=O. The average molecular weight is 237 g/mol. The molecule has 84 valence electrons. The summed E-state index contributed by atoms with van der Waals surface area (Å²) in [5.74, 6) is -0.390. The summed E-state index contributed by atoms with van der Waals surface area (Å²) >= 11 is 5.95. The predicted octanol–water partition coefficient (Wildman–Crippen LogP) is 3.29. The van der Waals surface area contributed by atoms with Gasteiger partial charge >= 0.3 is 0 Å². The molecular formula is C13H13ClO2. The predicted molar refractivity (Wildman–Crippen MR) is 65.4 cm³/mol. The van der Waals surface area contributed by atoms with Crippen LogP contribution in [0.2, 0.25) is 5.02 Å². The van der Waals surface area contributed by atoms with Gasteiger partial charge in [-0.15, -0.1) is 0 Å². The summed E-state index contributed by atoms with van der Waals surface area (Å²) in [7, 11) is 0. The van der Waals surface area contributed by atoms with E-state index < -0.39 is 0 Å². The summed E-state index contributed by atoms with van der Waals surface area (Å²) in [5.41, 5.74) is 0.895. The molecule has 0 atom stereocenters. The first kappa shape index (κ1) is 12.7. The molecule has 0 radical (unpaired) electrons. The second kappa shape index (κ2) is 5.61. The van der Waals surface area contributed by atoms with Crippen LogP contribution in [-0.4, -0.2) is 11.6 Å². The quantitative estimate of drug-likeness (QED) is 0.457. The molecule has 0 saturated heterocycles. The van der Waals surface area contributed by atoms with E-state index in [-0.39, 0.29) is 17.1 Å². The molecule has 1 aromatic rings. The molecule has 2 nitrogen and oxygen atoms in total. The normalized spacial score (nSPS) is 11.3. The van der Waals surface area contributed by atoms with Gasteiger partial charge in [0.2, 0.25) is 0 Å². The smallest absolute Gasteiger partial charge is 0.166 e. The lowest BCUT2D eigenvalue weighted by Gasteiger charge is -2.02. The number of ketones is 2. The molecule has 1 rings (SSSR count). The molecule has 0 aliphatic heterocycles. The van der Waals surface area contributed by atoms with Gasteiger partial charge in [-0.2, -0.15) is 0 Å². The Morgan fingerprint density at radius 1 is 1.31 bits per heavy atom. The number of benzene rings is 1. The molecule has 0 N–H and O–H groups in total. The van der Waals surface area contributed by atoms with E-state index in [1.54, 1.807) is 31.2 Å². The maximum absolute atomic E-state index is 11.5. The van der Waals surface area contributed by atoms with Crippen molar-refractivity contribution in [2.24, 2.45) is 0 Å². The van der Waals surface area contributed by atoms with Crippen LogP contribution in [0.15, 0.2) is 29.8 Å². The van der Waals surface area contributed by atoms with Crippen molar-refractivity contribution in [3.05, 3.63) is 40.4 Å². The number of carbonyl (C=O) groups excluding carboxylic acids is 2. The van der Waals surface area contributed by atoms with E-state index in [9.17, 15) is 9.59 Å². The van der Waals surface area contributed by atoms with Crippen molar-refractivity contribution in [2.45, 2.75) is 20.3 Å². The first-order valence-corrected chi connectivity index (χ1v) is 5.44. The van der Waals surface area contributed by atoms with Crippen molar-refractivity contribution in [3.63, 3.8) is 0 Å². The van der Waals surface area contributed by atoms with Crippen molar-refractivity contribution in [1.29, 1.82) is 0 Å². The minimum atomic E-state index is -0.230. The highest BCUT2D eigenvalue weighted by atomic mass is 35.5. The average Bonchev–Trinajstić information content (AvgIpc) is 2.26. The topological polar surface area (TPSA) is 34.1 Å². The van der Waals surface area contributed by atoms with Gasteiger partial charge in [0.05, 0.1) is 5.57 Å². The second-order valence-corrected chi connectivity index (χ2v) is 3.82. The van der Waals surface area contributed by atoms with Crippen molar-refractivity contribution in [3.8, 4) is 0 Å². The van der Waals surface area contributed by atoms with Crippen molar-refractivity contribution >= 4 is 29.2 Å². The molecule has 0 aliphatic rings. The van der Waals surface area contributed by atoms with E-state index in [1.807, 2.05) is 6.07 Å². The fraction of sp³-hybridized carbons (Fsp3) is 0.231. The second-order valence-electron chi connectivity index (χ2n) is 3.41. The Bertz CT molecular complexity index is 447. The van der Waals surface area contributed by atoms with Gasteiger partial charge in [-0.05, 0) is 24.6 Å². The Labute approximate surface area is 99.9 Å². The molecule has 0 spiro atoms. The molecule has 16 heavy (non-hydrogen) atoms. The first-order valence-electron chi connectivity index (χ1n) is 5.06. The summed E-state index contributed by atoms with van der Waals surface area (Å²) in [6.45, 7) is 3.11. The highest BCUT2D eigenvalue weighted by molar-refractivity contribution is 6.32. The van der Waals surface area contributed by atoms with Crippen LogP contribution in [0.3, 0.4) is 0 Å². The Morgan fingerprint density at radius 2 is 1.94 bits per heavy atom. The van der Waals surface area contributed by atoms with Crippen LogP contribution in [0.1, 0.15) is 25.8 Å². The maximum Gasteiger partial charge on any atom is 0.166 e. The summed E-state index contributed by atoms with van der Waals surface area (Å²) in [6.07, 6.45) is 1.87. The number of hydrogen-bond acceptors (Lipinski definition) is 2. The molecule has 0 aliphatic carbocycles. The number of allylic oxidation sites excluding steroid dienone is 1. The van der Waals surface area contributed by atoms with Gasteiger partial charge in [-0.1, -0.05) is 36.7 Å².